The zero-order valence-corrected chi connectivity index (χ0v) is 11.6. The van der Waals surface area contributed by atoms with Crippen molar-refractivity contribution < 1.29 is 0 Å². The molecule has 18 heavy (non-hydrogen) atoms. The first-order valence-corrected chi connectivity index (χ1v) is 7.11. The fraction of sp³-hybridized carbons (Fsp3) is 0.600. The van der Waals surface area contributed by atoms with Crippen LogP contribution in [0.25, 0.3) is 0 Å². The van der Waals surface area contributed by atoms with Gasteiger partial charge in [-0.25, -0.2) is 0 Å². The fourth-order valence-corrected chi connectivity index (χ4v) is 2.86. The van der Waals surface area contributed by atoms with E-state index in [4.69, 9.17) is 5.73 Å². The van der Waals surface area contributed by atoms with E-state index in [1.54, 1.807) is 0 Å². The number of hydrogen-bond donors (Lipinski definition) is 2. The maximum Gasteiger partial charge on any atom is 0.0607 e. The van der Waals surface area contributed by atoms with Crippen molar-refractivity contribution in [1.29, 1.82) is 0 Å². The Hall–Kier alpha value is -1.22. The van der Waals surface area contributed by atoms with Crippen molar-refractivity contribution in [2.24, 2.45) is 0 Å². The van der Waals surface area contributed by atoms with E-state index in [-0.39, 0.29) is 0 Å². The lowest BCUT2D eigenvalue weighted by Crippen LogP contribution is -2.44. The third-order valence-corrected chi connectivity index (χ3v) is 3.69. The van der Waals surface area contributed by atoms with Crippen molar-refractivity contribution in [2.45, 2.75) is 39.2 Å². The molecule has 2 rings (SSSR count). The van der Waals surface area contributed by atoms with Crippen molar-refractivity contribution in [3.05, 3.63) is 23.8 Å². The number of fused-ring (bicyclic) bond motifs is 1. The average molecular weight is 247 g/mol. The Labute approximate surface area is 110 Å². The molecule has 0 aromatic heterocycles. The summed E-state index contributed by atoms with van der Waals surface area (Å²) in [6.07, 6.45) is 3.56. The van der Waals surface area contributed by atoms with Crippen molar-refractivity contribution in [3.8, 4) is 0 Å². The van der Waals surface area contributed by atoms with Gasteiger partial charge >= 0.3 is 0 Å². The van der Waals surface area contributed by atoms with Gasteiger partial charge in [0.2, 0.25) is 0 Å². The van der Waals surface area contributed by atoms with Crippen LogP contribution in [-0.4, -0.2) is 30.6 Å². The number of benzene rings is 1. The normalized spacial score (nSPS) is 18.5. The Kier molecular flexibility index (Phi) is 4.48. The summed E-state index contributed by atoms with van der Waals surface area (Å²) in [4.78, 5) is 2.61. The summed E-state index contributed by atoms with van der Waals surface area (Å²) in [7, 11) is 0. The number of nitrogen functional groups attached to an aromatic ring is 1. The molecule has 0 spiro atoms. The van der Waals surface area contributed by atoms with Crippen molar-refractivity contribution in [3.63, 3.8) is 0 Å². The van der Waals surface area contributed by atoms with Crippen molar-refractivity contribution in [2.75, 3.05) is 30.7 Å². The third kappa shape index (κ3) is 2.78. The van der Waals surface area contributed by atoms with Gasteiger partial charge in [-0.05, 0) is 44.0 Å². The van der Waals surface area contributed by atoms with Crippen LogP contribution in [0.3, 0.4) is 0 Å². The van der Waals surface area contributed by atoms with Crippen LogP contribution >= 0.6 is 0 Å². The molecular weight excluding hydrogens is 222 g/mol. The third-order valence-electron chi connectivity index (χ3n) is 3.69. The van der Waals surface area contributed by atoms with Crippen molar-refractivity contribution >= 4 is 11.4 Å². The van der Waals surface area contributed by atoms with E-state index < -0.39 is 0 Å². The summed E-state index contributed by atoms with van der Waals surface area (Å²) >= 11 is 0. The second kappa shape index (κ2) is 6.10. The molecule has 0 saturated heterocycles. The smallest absolute Gasteiger partial charge is 0.0607 e. The molecule has 100 valence electrons. The number of nitrogens with zero attached hydrogens (tertiary/aromatic N) is 1. The highest BCUT2D eigenvalue weighted by Crippen LogP contribution is 2.29. The molecule has 0 aliphatic carbocycles. The van der Waals surface area contributed by atoms with Gasteiger partial charge in [0.05, 0.1) is 11.4 Å². The van der Waals surface area contributed by atoms with Crippen LogP contribution in [0, 0.1) is 0 Å². The quantitative estimate of drug-likeness (QED) is 0.786. The number of rotatable bonds is 5. The molecule has 0 radical (unpaired) electrons. The molecule has 1 aromatic rings. The zero-order chi connectivity index (χ0) is 13.0. The lowest BCUT2D eigenvalue weighted by atomic mass is 9.97. The summed E-state index contributed by atoms with van der Waals surface area (Å²) in [5.74, 6) is 0. The Bertz CT molecular complexity index is 383. The van der Waals surface area contributed by atoms with E-state index in [2.05, 4.69) is 36.2 Å². The molecule has 1 aliphatic rings. The van der Waals surface area contributed by atoms with E-state index in [1.807, 2.05) is 6.07 Å². The van der Waals surface area contributed by atoms with E-state index in [9.17, 15) is 0 Å². The predicted octanol–water partition coefficient (Wildman–Crippen LogP) is 2.73. The number of nitrogens with two attached hydrogens (primary N) is 1. The second-order valence-corrected chi connectivity index (χ2v) is 5.16. The van der Waals surface area contributed by atoms with Gasteiger partial charge in [0.1, 0.15) is 0 Å². The minimum absolute atomic E-state index is 0.610. The Balaban J connectivity index is 2.10. The van der Waals surface area contributed by atoms with E-state index in [1.165, 1.54) is 31.5 Å². The van der Waals surface area contributed by atoms with Crippen LogP contribution in [0.1, 0.15) is 32.3 Å². The monoisotopic (exact) mass is 247 g/mol. The highest BCUT2D eigenvalue weighted by atomic mass is 15.2. The van der Waals surface area contributed by atoms with Gasteiger partial charge in [-0.3, -0.25) is 4.90 Å². The Morgan fingerprint density at radius 1 is 1.28 bits per heavy atom. The largest absolute Gasteiger partial charge is 0.397 e. The van der Waals surface area contributed by atoms with Crippen LogP contribution in [0.5, 0.6) is 0 Å². The zero-order valence-electron chi connectivity index (χ0n) is 11.6. The van der Waals surface area contributed by atoms with Gasteiger partial charge in [0.15, 0.2) is 0 Å². The molecule has 3 nitrogen and oxygen atoms in total. The first-order valence-electron chi connectivity index (χ1n) is 7.11. The van der Waals surface area contributed by atoms with Crippen LogP contribution in [0.4, 0.5) is 11.4 Å². The number of anilines is 2. The average Bonchev–Trinajstić information content (AvgIpc) is 2.38. The maximum atomic E-state index is 6.00. The van der Waals surface area contributed by atoms with E-state index in [0.29, 0.717) is 6.04 Å². The second-order valence-electron chi connectivity index (χ2n) is 5.16. The first kappa shape index (κ1) is 13.2. The summed E-state index contributed by atoms with van der Waals surface area (Å²) in [6.45, 7) is 7.91. The lowest BCUT2D eigenvalue weighted by Gasteiger charge is -2.36. The predicted molar refractivity (Wildman–Crippen MR) is 79.0 cm³/mol. The van der Waals surface area contributed by atoms with Gasteiger partial charge < -0.3 is 11.1 Å². The molecular formula is C15H25N3. The molecule has 0 fully saturated rings. The maximum absolute atomic E-state index is 6.00. The summed E-state index contributed by atoms with van der Waals surface area (Å²) in [5.41, 5.74) is 9.40. The fourth-order valence-electron chi connectivity index (χ4n) is 2.86. The molecule has 0 bridgehead atoms. The molecule has 1 aromatic carbocycles. The molecule has 0 saturated carbocycles. The van der Waals surface area contributed by atoms with Crippen LogP contribution < -0.4 is 11.1 Å². The number of para-hydroxylation sites is 1. The number of nitrogens with one attached hydrogen (secondary N) is 1. The van der Waals surface area contributed by atoms with Crippen LogP contribution in [0.2, 0.25) is 0 Å². The highest BCUT2D eigenvalue weighted by Gasteiger charge is 2.23. The van der Waals surface area contributed by atoms with Gasteiger partial charge in [-0.15, -0.1) is 0 Å². The van der Waals surface area contributed by atoms with Crippen LogP contribution in [0.15, 0.2) is 18.2 Å². The van der Waals surface area contributed by atoms with Crippen molar-refractivity contribution in [1.82, 2.24) is 4.90 Å². The number of hydrogen-bond acceptors (Lipinski definition) is 3. The Morgan fingerprint density at radius 2 is 2.00 bits per heavy atom. The summed E-state index contributed by atoms with van der Waals surface area (Å²) in [5, 5.41) is 3.51. The lowest BCUT2D eigenvalue weighted by molar-refractivity contribution is 0.200. The summed E-state index contributed by atoms with van der Waals surface area (Å²) < 4.78 is 0. The van der Waals surface area contributed by atoms with Gasteiger partial charge in [0, 0.05) is 12.6 Å². The van der Waals surface area contributed by atoms with Crippen LogP contribution in [-0.2, 0) is 6.42 Å². The first-order chi connectivity index (χ1) is 8.76. The molecule has 3 N–H and O–H groups in total. The molecule has 0 amide bonds. The molecule has 1 heterocycles. The van der Waals surface area contributed by atoms with Gasteiger partial charge in [-0.1, -0.05) is 26.0 Å². The van der Waals surface area contributed by atoms with Gasteiger partial charge in [0.25, 0.3) is 0 Å². The van der Waals surface area contributed by atoms with Gasteiger partial charge in [-0.2, -0.15) is 0 Å². The molecule has 1 unspecified atom stereocenters. The highest BCUT2D eigenvalue weighted by molar-refractivity contribution is 5.71. The standard InChI is InChI=1S/C15H25N3/c1-3-8-18(9-4-2)13-10-12-6-5-7-14(16)15(12)17-11-13/h5-7,13,17H,3-4,8-11,16H2,1-2H3. The topological polar surface area (TPSA) is 41.3 Å². The molecule has 3 heteroatoms. The van der Waals surface area contributed by atoms with E-state index in [0.717, 1.165) is 24.3 Å². The SMILES string of the molecule is CCCN(CCC)C1CNc2c(N)cccc2C1. The molecule has 1 atom stereocenters. The Morgan fingerprint density at radius 3 is 2.67 bits per heavy atom. The summed E-state index contributed by atoms with van der Waals surface area (Å²) in [6, 6.07) is 6.84. The van der Waals surface area contributed by atoms with E-state index >= 15 is 0 Å². The molecule has 1 aliphatic heterocycles. The minimum Gasteiger partial charge on any atom is -0.397 e. The minimum atomic E-state index is 0.610.